The molecule has 1 fully saturated rings. The molecule has 4 N–H and O–H groups in total. The van der Waals surface area contributed by atoms with Gasteiger partial charge in [0.05, 0.1) is 0 Å². The summed E-state index contributed by atoms with van der Waals surface area (Å²) in [6, 6.07) is 13.0. The van der Waals surface area contributed by atoms with Crippen LogP contribution >= 0.6 is 11.3 Å². The monoisotopic (exact) mass is 627 g/mol. The number of thiazole rings is 1. The Morgan fingerprint density at radius 3 is 1.89 bits per heavy atom. The number of rotatable bonds is 8. The van der Waals surface area contributed by atoms with Crippen LogP contribution in [0.25, 0.3) is 10.5 Å². The number of hydrogen-bond donors (Lipinski definition) is 4. The van der Waals surface area contributed by atoms with E-state index in [1.807, 2.05) is 12.3 Å². The molecular weight excluding hydrogens is 596 g/mol. The summed E-state index contributed by atoms with van der Waals surface area (Å²) in [5, 5.41) is 34.4. The number of hydrogen-bond acceptors (Lipinski definition) is 8. The van der Waals surface area contributed by atoms with Crippen molar-refractivity contribution < 1.29 is 38.8 Å². The number of aromatic nitrogens is 2. The number of benzene rings is 2. The van der Waals surface area contributed by atoms with Gasteiger partial charge < -0.3 is 25.3 Å². The number of aryl methyl sites for hydroxylation is 1. The smallest absolute Gasteiger partial charge is 0.335 e. The molecule has 2 aromatic carbocycles. The molecule has 0 amide bonds. The van der Waals surface area contributed by atoms with E-state index < -0.39 is 24.1 Å². The first kappa shape index (κ1) is 32.6. The molecule has 0 aliphatic carbocycles. The summed E-state index contributed by atoms with van der Waals surface area (Å²) in [5.74, 6) is -4.09. The second-order valence-electron chi connectivity index (χ2n) is 10.2. The average Bonchev–Trinajstić information content (AvgIpc) is 3.48. The van der Waals surface area contributed by atoms with Crippen molar-refractivity contribution in [2.24, 2.45) is 0 Å². The minimum atomic E-state index is -2.27. The van der Waals surface area contributed by atoms with E-state index in [9.17, 15) is 23.2 Å². The first-order valence-electron chi connectivity index (χ1n) is 13.7. The largest absolute Gasteiger partial charge is 0.479 e. The van der Waals surface area contributed by atoms with E-state index in [4.69, 9.17) is 20.4 Å². The number of nitrogens with zero attached hydrogens (tertiary/aromatic N) is 3. The van der Waals surface area contributed by atoms with Crippen molar-refractivity contribution in [3.63, 3.8) is 0 Å². The first-order valence-corrected chi connectivity index (χ1v) is 14.6. The molecule has 0 radical (unpaired) electrons. The molecule has 5 rings (SSSR count). The van der Waals surface area contributed by atoms with Gasteiger partial charge in [0.15, 0.2) is 17.2 Å². The second kappa shape index (κ2) is 14.4. The van der Waals surface area contributed by atoms with Gasteiger partial charge in [-0.1, -0.05) is 29.8 Å². The van der Waals surface area contributed by atoms with Crippen LogP contribution in [0.3, 0.4) is 0 Å². The van der Waals surface area contributed by atoms with Crippen LogP contribution in [0, 0.1) is 18.6 Å². The lowest BCUT2D eigenvalue weighted by atomic mass is 9.88. The molecule has 0 saturated carbocycles. The van der Waals surface area contributed by atoms with E-state index in [-0.39, 0.29) is 17.2 Å². The molecule has 0 bridgehead atoms. The number of likely N-dealkylation sites (tertiary alicyclic amines) is 1. The summed E-state index contributed by atoms with van der Waals surface area (Å²) in [7, 11) is 0. The molecule has 1 aliphatic rings. The Morgan fingerprint density at radius 1 is 0.909 bits per heavy atom. The van der Waals surface area contributed by atoms with Crippen molar-refractivity contribution in [1.82, 2.24) is 14.3 Å². The molecule has 0 spiro atoms. The van der Waals surface area contributed by atoms with Crippen molar-refractivity contribution in [1.29, 1.82) is 0 Å². The zero-order valence-electron chi connectivity index (χ0n) is 23.7. The number of halogens is 2. The minimum absolute atomic E-state index is 0.0243. The van der Waals surface area contributed by atoms with E-state index in [0.29, 0.717) is 6.42 Å². The molecule has 0 unspecified atom stereocenters. The third-order valence-corrected chi connectivity index (χ3v) is 8.09. The Balaban J connectivity index is 0.000000382. The number of aliphatic carboxylic acids is 2. The lowest BCUT2D eigenvalue weighted by molar-refractivity contribution is -0.165. The van der Waals surface area contributed by atoms with Crippen molar-refractivity contribution in [3.8, 4) is 0 Å². The molecule has 3 heterocycles. The average molecular weight is 628 g/mol. The Kier molecular flexibility index (Phi) is 10.7. The summed E-state index contributed by atoms with van der Waals surface area (Å²) in [5.41, 5.74) is 5.82. The van der Waals surface area contributed by atoms with Gasteiger partial charge in [-0.2, -0.15) is 0 Å². The quantitative estimate of drug-likeness (QED) is 0.230. The summed E-state index contributed by atoms with van der Waals surface area (Å²) >= 11 is 1.47. The van der Waals surface area contributed by atoms with Gasteiger partial charge in [0.2, 0.25) is 0 Å². The molecule has 1 aliphatic heterocycles. The van der Waals surface area contributed by atoms with Crippen LogP contribution in [0.15, 0.2) is 70.5 Å². The number of carboxylic acid groups (broad SMARTS) is 2. The highest BCUT2D eigenvalue weighted by Gasteiger charge is 2.29. The Morgan fingerprint density at radius 2 is 1.41 bits per heavy atom. The van der Waals surface area contributed by atoms with Crippen molar-refractivity contribution in [2.45, 2.75) is 38.4 Å². The fourth-order valence-corrected chi connectivity index (χ4v) is 5.70. The molecule has 4 aromatic rings. The van der Waals surface area contributed by atoms with Crippen LogP contribution < -0.4 is 5.56 Å². The molecule has 44 heavy (non-hydrogen) atoms. The highest BCUT2D eigenvalue weighted by Crippen LogP contribution is 2.32. The maximum Gasteiger partial charge on any atom is 0.335 e. The maximum absolute atomic E-state index is 13.5. The van der Waals surface area contributed by atoms with Gasteiger partial charge in [-0.3, -0.25) is 9.20 Å². The van der Waals surface area contributed by atoms with Gasteiger partial charge in [0.25, 0.3) is 5.56 Å². The molecule has 13 heteroatoms. The summed E-state index contributed by atoms with van der Waals surface area (Å²) < 4.78 is 28.7. The highest BCUT2D eigenvalue weighted by atomic mass is 32.1. The van der Waals surface area contributed by atoms with Crippen LogP contribution in [0.1, 0.15) is 35.2 Å². The van der Waals surface area contributed by atoms with Crippen LogP contribution in [-0.4, -0.2) is 78.5 Å². The Bertz CT molecular complexity index is 1640. The lowest BCUT2D eigenvalue weighted by Gasteiger charge is -2.30. The third-order valence-electron chi connectivity index (χ3n) is 7.33. The summed E-state index contributed by atoms with van der Waals surface area (Å²) in [6.07, 6.45) is -0.357. The molecule has 232 valence electrons. The predicted molar refractivity (Wildman–Crippen MR) is 160 cm³/mol. The number of aliphatic hydroxyl groups excluding tert-OH is 2. The van der Waals surface area contributed by atoms with Crippen molar-refractivity contribution >= 4 is 33.8 Å². The van der Waals surface area contributed by atoms with Gasteiger partial charge >= 0.3 is 11.9 Å². The SMILES string of the molecule is Cc1nc2sccn2c(=O)c1CCN1CCC(=C(c2ccc(F)cc2)c2ccc(F)cc2)CC1.O=C(O)[C@H](O)[C@@H](O)C(=O)O. The van der Waals surface area contributed by atoms with E-state index >= 15 is 0 Å². The van der Waals surface area contributed by atoms with Crippen LogP contribution in [0.5, 0.6) is 0 Å². The van der Waals surface area contributed by atoms with Crippen molar-refractivity contribution in [3.05, 3.63) is 110 Å². The molecule has 1 saturated heterocycles. The second-order valence-corrected chi connectivity index (χ2v) is 11.1. The van der Waals surface area contributed by atoms with Crippen molar-refractivity contribution in [2.75, 3.05) is 19.6 Å². The zero-order valence-corrected chi connectivity index (χ0v) is 24.5. The number of carbonyl (C=O) groups is 2. The fraction of sp³-hybridized carbons (Fsp3) is 0.290. The van der Waals surface area contributed by atoms with E-state index in [1.54, 1.807) is 34.9 Å². The number of piperidine rings is 1. The van der Waals surface area contributed by atoms with Gasteiger partial charge in [-0.05, 0) is 67.2 Å². The van der Waals surface area contributed by atoms with Crippen LogP contribution in [0.2, 0.25) is 0 Å². The van der Waals surface area contributed by atoms with Crippen LogP contribution in [0.4, 0.5) is 8.78 Å². The summed E-state index contributed by atoms with van der Waals surface area (Å²) in [6.45, 7) is 4.44. The third kappa shape index (κ3) is 7.80. The zero-order chi connectivity index (χ0) is 32.0. The van der Waals surface area contributed by atoms with Gasteiger partial charge in [0.1, 0.15) is 11.6 Å². The standard InChI is InChI=1S/C27H25F2N3OS.C4H6O6/c1-18-24(26(33)32-16-17-34-27(32)30-18)12-15-31-13-10-21(11-14-31)25(19-2-6-22(28)7-3-19)20-4-8-23(29)9-5-20;5-1(3(7)8)2(6)4(9)10/h2-9,16-17H,10-15H2,1H3;1-2,5-6H,(H,7,8)(H,9,10)/t;1-,2-/m.1/s1. The fourth-order valence-electron chi connectivity index (χ4n) is 4.95. The minimum Gasteiger partial charge on any atom is -0.479 e. The molecule has 2 aromatic heterocycles. The van der Waals surface area contributed by atoms with Gasteiger partial charge in [-0.25, -0.2) is 23.4 Å². The number of carboxylic acids is 2. The molecule has 2 atom stereocenters. The maximum atomic E-state index is 13.5. The molecule has 10 nitrogen and oxygen atoms in total. The van der Waals surface area contributed by atoms with Gasteiger partial charge in [-0.15, -0.1) is 11.3 Å². The Hall–Kier alpha value is -4.30. The lowest BCUT2D eigenvalue weighted by Crippen LogP contribution is -2.39. The normalized spacial score (nSPS) is 14.9. The number of fused-ring (bicyclic) bond motifs is 1. The van der Waals surface area contributed by atoms with E-state index in [2.05, 4.69) is 9.88 Å². The highest BCUT2D eigenvalue weighted by molar-refractivity contribution is 7.15. The van der Waals surface area contributed by atoms with Crippen LogP contribution in [-0.2, 0) is 16.0 Å². The summed E-state index contributed by atoms with van der Waals surface area (Å²) in [4.78, 5) is 40.1. The predicted octanol–water partition coefficient (Wildman–Crippen LogP) is 3.36. The van der Waals surface area contributed by atoms with E-state index in [0.717, 1.165) is 65.4 Å². The first-order chi connectivity index (χ1) is 21.0. The topological polar surface area (TPSA) is 153 Å². The van der Waals surface area contributed by atoms with Gasteiger partial charge in [0, 0.05) is 42.5 Å². The molecular formula is C31H31F2N3O7S. The number of aliphatic hydroxyl groups is 2. The van der Waals surface area contributed by atoms with E-state index in [1.165, 1.54) is 41.2 Å². The Labute approximate surface area is 254 Å².